The average molecular weight is 407 g/mol. The van der Waals surface area contributed by atoms with Crippen molar-refractivity contribution in [2.24, 2.45) is 5.92 Å². The molecule has 1 saturated carbocycles. The molecule has 5 unspecified atom stereocenters. The number of fused-ring (bicyclic) bond motifs is 2. The number of carbonyl (C=O) groups excluding carboxylic acids is 2. The lowest BCUT2D eigenvalue weighted by Crippen LogP contribution is -2.60. The molecule has 4 bridgehead atoms. The number of aliphatic carboxylic acids is 2. The second kappa shape index (κ2) is 6.91. The molecule has 0 radical (unpaired) electrons. The van der Waals surface area contributed by atoms with Crippen LogP contribution in [0.5, 0.6) is 0 Å². The predicted octanol–water partition coefficient (Wildman–Crippen LogP) is 0.124. The van der Waals surface area contributed by atoms with E-state index in [0.29, 0.717) is 57.1 Å². The third-order valence-corrected chi connectivity index (χ3v) is 7.34. The van der Waals surface area contributed by atoms with E-state index < -0.39 is 48.0 Å². The SMILES string of the molecule is O=C(O)CN1C(=O)C=C2C1CCCCC1C3(O)CCCC[N+]1(CC(=O)O)C(=O)C23. The number of hydrogen-bond donors (Lipinski definition) is 3. The number of nitrogens with zero attached hydrogens (tertiary/aromatic N) is 2. The normalized spacial score (nSPS) is 39.1. The monoisotopic (exact) mass is 407 g/mol. The largest absolute Gasteiger partial charge is 0.480 e. The number of hydrogen-bond acceptors (Lipinski definition) is 5. The molecule has 9 nitrogen and oxygen atoms in total. The van der Waals surface area contributed by atoms with Crippen molar-refractivity contribution >= 4 is 23.8 Å². The van der Waals surface area contributed by atoms with E-state index >= 15 is 0 Å². The van der Waals surface area contributed by atoms with Gasteiger partial charge in [-0.2, -0.15) is 0 Å². The van der Waals surface area contributed by atoms with E-state index in [1.807, 2.05) is 0 Å². The maximum Gasteiger partial charge on any atom is 0.359 e. The fourth-order valence-electron chi connectivity index (χ4n) is 6.32. The van der Waals surface area contributed by atoms with E-state index in [1.54, 1.807) is 0 Å². The highest BCUT2D eigenvalue weighted by Crippen LogP contribution is 2.53. The van der Waals surface area contributed by atoms with Crippen molar-refractivity contribution in [2.75, 3.05) is 19.6 Å². The van der Waals surface area contributed by atoms with Crippen LogP contribution in [-0.2, 0) is 19.2 Å². The molecule has 29 heavy (non-hydrogen) atoms. The van der Waals surface area contributed by atoms with Crippen LogP contribution < -0.4 is 0 Å². The topological polar surface area (TPSA) is 132 Å². The number of aliphatic hydroxyl groups is 1. The van der Waals surface area contributed by atoms with Crippen LogP contribution >= 0.6 is 0 Å². The summed E-state index contributed by atoms with van der Waals surface area (Å²) in [5.41, 5.74) is -0.931. The molecule has 0 aromatic carbocycles. The van der Waals surface area contributed by atoms with E-state index in [1.165, 1.54) is 11.0 Å². The number of carboxylic acid groups (broad SMARTS) is 2. The van der Waals surface area contributed by atoms with Gasteiger partial charge < -0.3 is 20.2 Å². The van der Waals surface area contributed by atoms with Gasteiger partial charge >= 0.3 is 17.8 Å². The van der Waals surface area contributed by atoms with E-state index in [-0.39, 0.29) is 16.9 Å². The van der Waals surface area contributed by atoms with Gasteiger partial charge in [0.1, 0.15) is 24.1 Å². The van der Waals surface area contributed by atoms with E-state index in [9.17, 15) is 34.5 Å². The first-order valence-electron chi connectivity index (χ1n) is 10.3. The molecular formula is C20H27N2O7+. The molecule has 0 aromatic heterocycles. The lowest BCUT2D eigenvalue weighted by atomic mass is 9.75. The molecule has 0 aromatic rings. The Morgan fingerprint density at radius 3 is 2.52 bits per heavy atom. The van der Waals surface area contributed by atoms with Crippen molar-refractivity contribution in [2.45, 2.75) is 62.6 Å². The Kier molecular flexibility index (Phi) is 4.77. The highest BCUT2D eigenvalue weighted by atomic mass is 16.4. The minimum absolute atomic E-state index is 0.270. The highest BCUT2D eigenvalue weighted by Gasteiger charge is 2.71. The Labute approximate surface area is 168 Å². The van der Waals surface area contributed by atoms with Gasteiger partial charge in [0.2, 0.25) is 5.91 Å². The fourth-order valence-corrected chi connectivity index (χ4v) is 6.32. The summed E-state index contributed by atoms with van der Waals surface area (Å²) in [5, 5.41) is 30.6. The van der Waals surface area contributed by atoms with E-state index in [0.717, 1.165) is 0 Å². The third-order valence-electron chi connectivity index (χ3n) is 7.34. The van der Waals surface area contributed by atoms with Gasteiger partial charge in [0.25, 0.3) is 0 Å². The molecule has 2 amide bonds. The van der Waals surface area contributed by atoms with Gasteiger partial charge in [-0.15, -0.1) is 0 Å². The molecule has 2 saturated heterocycles. The fraction of sp³-hybridized carbons (Fsp3) is 0.700. The number of rotatable bonds is 4. The number of amides is 2. The van der Waals surface area contributed by atoms with Crippen LogP contribution in [-0.4, -0.2) is 85.8 Å². The minimum atomic E-state index is -1.41. The zero-order valence-electron chi connectivity index (χ0n) is 16.2. The summed E-state index contributed by atoms with van der Waals surface area (Å²) in [5.74, 6) is -3.96. The molecule has 4 aliphatic rings. The molecule has 4 rings (SSSR count). The third kappa shape index (κ3) is 2.90. The first-order chi connectivity index (χ1) is 13.7. The van der Waals surface area contributed by atoms with E-state index in [2.05, 4.69) is 0 Å². The summed E-state index contributed by atoms with van der Waals surface area (Å²) in [6.07, 6.45) is 5.53. The second-order valence-corrected chi connectivity index (χ2v) is 8.85. The molecule has 158 valence electrons. The maximum atomic E-state index is 13.7. The van der Waals surface area contributed by atoms with Crippen molar-refractivity contribution < 1.29 is 39.0 Å². The van der Waals surface area contributed by atoms with Gasteiger partial charge in [0.05, 0.1) is 12.6 Å². The molecule has 5 atom stereocenters. The Bertz CT molecular complexity index is 809. The Morgan fingerprint density at radius 2 is 1.83 bits per heavy atom. The van der Waals surface area contributed by atoms with Gasteiger partial charge in [-0.1, -0.05) is 6.42 Å². The quantitative estimate of drug-likeness (QED) is 0.564. The molecule has 9 heteroatoms. The summed E-state index contributed by atoms with van der Waals surface area (Å²) in [4.78, 5) is 50.6. The van der Waals surface area contributed by atoms with Crippen LogP contribution in [0, 0.1) is 5.92 Å². The summed E-state index contributed by atoms with van der Waals surface area (Å²) in [6, 6.07) is -1.05. The predicted molar refractivity (Wildman–Crippen MR) is 98.4 cm³/mol. The average Bonchev–Trinajstić information content (AvgIpc) is 2.95. The molecule has 3 heterocycles. The second-order valence-electron chi connectivity index (χ2n) is 8.85. The van der Waals surface area contributed by atoms with Crippen LogP contribution in [0.1, 0.15) is 44.9 Å². The lowest BCUT2D eigenvalue weighted by molar-refractivity contribution is -0.868. The molecule has 3 aliphatic heterocycles. The zero-order valence-corrected chi connectivity index (χ0v) is 16.2. The van der Waals surface area contributed by atoms with Crippen molar-refractivity contribution in [1.82, 2.24) is 4.90 Å². The zero-order chi connectivity index (χ0) is 21.0. The van der Waals surface area contributed by atoms with Crippen molar-refractivity contribution in [3.05, 3.63) is 11.6 Å². The smallest absolute Gasteiger partial charge is 0.359 e. The maximum absolute atomic E-state index is 13.7. The van der Waals surface area contributed by atoms with Gasteiger partial charge in [-0.05, 0) is 37.7 Å². The molecule has 3 fully saturated rings. The van der Waals surface area contributed by atoms with Gasteiger partial charge in [-0.25, -0.2) is 14.1 Å². The Morgan fingerprint density at radius 1 is 1.10 bits per heavy atom. The van der Waals surface area contributed by atoms with Crippen molar-refractivity contribution in [3.8, 4) is 0 Å². The summed E-state index contributed by atoms with van der Waals surface area (Å²) >= 11 is 0. The van der Waals surface area contributed by atoms with Crippen LogP contribution in [0.4, 0.5) is 0 Å². The molecule has 0 spiro atoms. The summed E-state index contributed by atoms with van der Waals surface area (Å²) < 4.78 is -0.270. The van der Waals surface area contributed by atoms with Crippen LogP contribution in [0.2, 0.25) is 0 Å². The first-order valence-corrected chi connectivity index (χ1v) is 10.3. The Balaban J connectivity index is 1.84. The number of quaternary nitrogens is 1. The molecular weight excluding hydrogens is 380 g/mol. The number of carbonyl (C=O) groups is 4. The first kappa shape index (κ1) is 20.0. The van der Waals surface area contributed by atoms with Gasteiger partial charge in [0, 0.05) is 12.5 Å². The Hall–Kier alpha value is -2.26. The van der Waals surface area contributed by atoms with Crippen molar-refractivity contribution in [1.29, 1.82) is 0 Å². The highest BCUT2D eigenvalue weighted by molar-refractivity contribution is 5.96. The molecule has 3 N–H and O–H groups in total. The lowest BCUT2D eigenvalue weighted by Gasteiger charge is -2.38. The summed E-state index contributed by atoms with van der Waals surface area (Å²) in [6.45, 7) is -0.451. The molecule has 1 aliphatic carbocycles. The van der Waals surface area contributed by atoms with Gasteiger partial charge in [0.15, 0.2) is 6.54 Å². The van der Waals surface area contributed by atoms with Crippen molar-refractivity contribution in [3.63, 3.8) is 0 Å². The summed E-state index contributed by atoms with van der Waals surface area (Å²) in [7, 11) is 0. The van der Waals surface area contributed by atoms with Crippen LogP contribution in [0.25, 0.3) is 0 Å². The van der Waals surface area contributed by atoms with E-state index in [4.69, 9.17) is 0 Å². The van der Waals surface area contributed by atoms with Crippen LogP contribution in [0.3, 0.4) is 0 Å². The minimum Gasteiger partial charge on any atom is -0.480 e. The van der Waals surface area contributed by atoms with Gasteiger partial charge in [-0.3, -0.25) is 9.59 Å². The van der Waals surface area contributed by atoms with Crippen LogP contribution in [0.15, 0.2) is 11.6 Å². The number of carboxylic acids is 2. The standard InChI is InChI=1S/C20H26N2O7/c23-15-9-12-13(21(15)10-16(24)25)5-1-2-6-14-20(29)7-3-4-8-22(14,11-17(26)27)19(28)18(12)20/h9,13-14,18,29H,1-8,10-11H2,(H-,24,25,26,27)/p+1.